The van der Waals surface area contributed by atoms with Crippen LogP contribution in [0.4, 0.5) is 6.01 Å². The molecule has 1 aromatic heterocycles. The van der Waals surface area contributed by atoms with Crippen molar-refractivity contribution in [2.24, 2.45) is 5.92 Å². The Morgan fingerprint density at radius 2 is 2.00 bits per heavy atom. The zero-order valence-corrected chi connectivity index (χ0v) is 19.8. The number of para-hydroxylation sites is 2. The Morgan fingerprint density at radius 3 is 2.69 bits per heavy atom. The van der Waals surface area contributed by atoms with E-state index in [1.165, 1.54) is 11.0 Å². The molecular formula is C23H27N5O6S. The molecule has 2 heterocycles. The summed E-state index contributed by atoms with van der Waals surface area (Å²) in [4.78, 5) is 44.7. The van der Waals surface area contributed by atoms with Gasteiger partial charge in [-0.25, -0.2) is 8.42 Å². The van der Waals surface area contributed by atoms with Crippen LogP contribution in [-0.2, 0) is 24.4 Å². The molecule has 0 bridgehead atoms. The first kappa shape index (κ1) is 23.3. The number of carbonyl (C=O) groups excluding carboxylic acids is 3. The van der Waals surface area contributed by atoms with E-state index in [1.54, 1.807) is 12.1 Å². The molecule has 12 heteroatoms. The molecule has 3 unspecified atom stereocenters. The van der Waals surface area contributed by atoms with E-state index in [2.05, 4.69) is 26.9 Å². The Hall–Kier alpha value is -3.41. The van der Waals surface area contributed by atoms with E-state index in [0.717, 1.165) is 0 Å². The number of carbonyl (C=O) groups is 3. The van der Waals surface area contributed by atoms with Gasteiger partial charge in [-0.15, -0.1) is 6.58 Å². The summed E-state index contributed by atoms with van der Waals surface area (Å²) in [5, 5.41) is 5.04. The highest BCUT2D eigenvalue weighted by atomic mass is 32.2. The monoisotopic (exact) mass is 501 g/mol. The number of sulfonamides is 1. The zero-order valence-electron chi connectivity index (χ0n) is 19.0. The number of hydrogen-bond donors (Lipinski definition) is 3. The number of benzene rings is 1. The molecule has 2 saturated carbocycles. The fourth-order valence-corrected chi connectivity index (χ4v) is 5.92. The van der Waals surface area contributed by atoms with Crippen molar-refractivity contribution < 1.29 is 27.2 Å². The average molecular weight is 502 g/mol. The number of likely N-dealkylation sites (tertiary alicyclic amines) is 1. The number of nitrogens with zero attached hydrogens (tertiary/aromatic N) is 2. The molecule has 3 fully saturated rings. The van der Waals surface area contributed by atoms with Crippen molar-refractivity contribution in [3.63, 3.8) is 0 Å². The molecule has 35 heavy (non-hydrogen) atoms. The van der Waals surface area contributed by atoms with E-state index >= 15 is 0 Å². The maximum atomic E-state index is 13.2. The minimum absolute atomic E-state index is 0.114. The molecule has 1 saturated heterocycles. The molecule has 5 rings (SSSR count). The van der Waals surface area contributed by atoms with Crippen LogP contribution in [0.2, 0.25) is 0 Å². The number of oxazole rings is 1. The Labute approximate surface area is 202 Å². The summed E-state index contributed by atoms with van der Waals surface area (Å²) in [6, 6.07) is 6.66. The van der Waals surface area contributed by atoms with Crippen LogP contribution in [0, 0.1) is 5.92 Å². The third kappa shape index (κ3) is 4.49. The normalized spacial score (nSPS) is 25.8. The van der Waals surface area contributed by atoms with E-state index in [4.69, 9.17) is 4.42 Å². The lowest BCUT2D eigenvalue weighted by Gasteiger charge is -2.26. The van der Waals surface area contributed by atoms with Gasteiger partial charge in [0.05, 0.1) is 11.8 Å². The molecule has 0 spiro atoms. The summed E-state index contributed by atoms with van der Waals surface area (Å²) >= 11 is 0. The quantitative estimate of drug-likeness (QED) is 0.429. The lowest BCUT2D eigenvalue weighted by Crippen LogP contribution is -2.57. The molecule has 1 aliphatic heterocycles. The van der Waals surface area contributed by atoms with Crippen LogP contribution in [0.3, 0.4) is 0 Å². The summed E-state index contributed by atoms with van der Waals surface area (Å²) < 4.78 is 32.2. The topological polar surface area (TPSA) is 151 Å². The van der Waals surface area contributed by atoms with Gasteiger partial charge in [-0.1, -0.05) is 18.2 Å². The molecule has 3 aliphatic rings. The van der Waals surface area contributed by atoms with Gasteiger partial charge < -0.3 is 20.0 Å². The van der Waals surface area contributed by atoms with Gasteiger partial charge in [-0.05, 0) is 44.2 Å². The van der Waals surface area contributed by atoms with Crippen LogP contribution < -0.4 is 15.4 Å². The molecule has 3 amide bonds. The SMILES string of the molecule is C=CC1CC1(NC(=O)C1CCCN1C(=O)CNc1nc2ccccc2o1)C(=O)NS(=O)(=O)C1CC1. The second-order valence-corrected chi connectivity index (χ2v) is 11.2. The number of nitrogens with one attached hydrogen (secondary N) is 3. The van der Waals surface area contributed by atoms with E-state index in [-0.39, 0.29) is 30.8 Å². The molecule has 2 aromatic rings. The second-order valence-electron chi connectivity index (χ2n) is 9.27. The second kappa shape index (κ2) is 8.67. The number of amides is 3. The first-order chi connectivity index (χ1) is 16.7. The fourth-order valence-electron chi connectivity index (χ4n) is 4.56. The van der Waals surface area contributed by atoms with Crippen molar-refractivity contribution >= 4 is 44.9 Å². The van der Waals surface area contributed by atoms with Gasteiger partial charge in [0.15, 0.2) is 5.58 Å². The molecule has 0 radical (unpaired) electrons. The standard InChI is InChI=1S/C23H27N5O6S/c1-2-14-12-23(14,21(31)27-35(32,33)15-9-10-15)26-20(30)17-7-5-11-28(17)19(29)13-24-22-25-16-6-3-4-8-18(16)34-22/h2-4,6,8,14-15,17H,1,5,7,9-13H2,(H,24,25)(H,26,30)(H,27,31). The lowest BCUT2D eigenvalue weighted by molar-refractivity contribution is -0.138. The van der Waals surface area contributed by atoms with Crippen LogP contribution in [0.25, 0.3) is 11.1 Å². The van der Waals surface area contributed by atoms with E-state index in [1.807, 2.05) is 12.1 Å². The highest BCUT2D eigenvalue weighted by molar-refractivity contribution is 7.91. The highest BCUT2D eigenvalue weighted by Gasteiger charge is 2.61. The Morgan fingerprint density at radius 1 is 1.23 bits per heavy atom. The average Bonchev–Trinajstić information content (AvgIpc) is 3.71. The van der Waals surface area contributed by atoms with Crippen molar-refractivity contribution in [3.05, 3.63) is 36.9 Å². The summed E-state index contributed by atoms with van der Waals surface area (Å²) in [6.07, 6.45) is 3.90. The van der Waals surface area contributed by atoms with Gasteiger partial charge in [-0.2, -0.15) is 4.98 Å². The van der Waals surface area contributed by atoms with E-state index in [9.17, 15) is 22.8 Å². The predicted molar refractivity (Wildman–Crippen MR) is 126 cm³/mol. The minimum atomic E-state index is -3.76. The van der Waals surface area contributed by atoms with Crippen molar-refractivity contribution in [2.45, 2.75) is 48.9 Å². The van der Waals surface area contributed by atoms with Crippen LogP contribution in [0.1, 0.15) is 32.1 Å². The van der Waals surface area contributed by atoms with Gasteiger partial charge in [0.25, 0.3) is 11.9 Å². The predicted octanol–water partition coefficient (Wildman–Crippen LogP) is 0.900. The number of rotatable bonds is 9. The molecule has 3 atom stereocenters. The first-order valence-corrected chi connectivity index (χ1v) is 13.2. The maximum absolute atomic E-state index is 13.2. The maximum Gasteiger partial charge on any atom is 0.296 e. The summed E-state index contributed by atoms with van der Waals surface area (Å²) in [5.41, 5.74) is -0.113. The van der Waals surface area contributed by atoms with Crippen LogP contribution in [-0.4, -0.2) is 65.9 Å². The molecule has 1 aromatic carbocycles. The Balaban J connectivity index is 1.22. The van der Waals surface area contributed by atoms with Gasteiger partial charge in [0, 0.05) is 12.5 Å². The molecule has 186 valence electrons. The number of anilines is 1. The molecule has 3 N–H and O–H groups in total. The number of aromatic nitrogens is 1. The van der Waals surface area contributed by atoms with E-state index in [0.29, 0.717) is 43.3 Å². The molecular weight excluding hydrogens is 474 g/mol. The van der Waals surface area contributed by atoms with Gasteiger partial charge in [-0.3, -0.25) is 19.1 Å². The summed E-state index contributed by atoms with van der Waals surface area (Å²) in [6.45, 7) is 3.97. The highest BCUT2D eigenvalue weighted by Crippen LogP contribution is 2.45. The third-order valence-corrected chi connectivity index (χ3v) is 8.63. The van der Waals surface area contributed by atoms with Gasteiger partial charge in [0.1, 0.15) is 17.1 Å². The van der Waals surface area contributed by atoms with Crippen molar-refractivity contribution in [3.8, 4) is 0 Å². The lowest BCUT2D eigenvalue weighted by atomic mass is 10.1. The Kier molecular flexibility index (Phi) is 5.78. The summed E-state index contributed by atoms with van der Waals surface area (Å²) in [7, 11) is -3.76. The van der Waals surface area contributed by atoms with Crippen molar-refractivity contribution in [2.75, 3.05) is 18.4 Å². The number of fused-ring (bicyclic) bond motifs is 1. The molecule has 2 aliphatic carbocycles. The third-order valence-electron chi connectivity index (χ3n) is 6.81. The number of hydrogen-bond acceptors (Lipinski definition) is 8. The Bertz CT molecular complexity index is 1270. The van der Waals surface area contributed by atoms with Gasteiger partial charge in [0.2, 0.25) is 21.8 Å². The molecule has 11 nitrogen and oxygen atoms in total. The van der Waals surface area contributed by atoms with Crippen molar-refractivity contribution in [1.82, 2.24) is 19.9 Å². The summed E-state index contributed by atoms with van der Waals surface area (Å²) in [5.74, 6) is -1.93. The zero-order chi connectivity index (χ0) is 24.8. The smallest absolute Gasteiger partial charge is 0.296 e. The van der Waals surface area contributed by atoms with Crippen LogP contribution >= 0.6 is 0 Å². The van der Waals surface area contributed by atoms with Crippen LogP contribution in [0.5, 0.6) is 0 Å². The van der Waals surface area contributed by atoms with Crippen LogP contribution in [0.15, 0.2) is 41.3 Å². The largest absolute Gasteiger partial charge is 0.424 e. The van der Waals surface area contributed by atoms with Crippen molar-refractivity contribution in [1.29, 1.82) is 0 Å². The minimum Gasteiger partial charge on any atom is -0.424 e. The van der Waals surface area contributed by atoms with E-state index < -0.39 is 38.7 Å². The van der Waals surface area contributed by atoms with Gasteiger partial charge >= 0.3 is 0 Å². The first-order valence-electron chi connectivity index (χ1n) is 11.6. The fraction of sp³-hybridized carbons (Fsp3) is 0.478.